The highest BCUT2D eigenvalue weighted by atomic mass is 16.2. The lowest BCUT2D eigenvalue weighted by Crippen LogP contribution is -2.37. The second-order valence-corrected chi connectivity index (χ2v) is 3.83. The number of nitrogens with two attached hydrogens (primary N) is 1. The zero-order valence-electron chi connectivity index (χ0n) is 9.81. The highest BCUT2D eigenvalue weighted by Crippen LogP contribution is 2.00. The van der Waals surface area contributed by atoms with Gasteiger partial charge in [0.15, 0.2) is 0 Å². The lowest BCUT2D eigenvalue weighted by molar-refractivity contribution is -0.122. The third-order valence-electron chi connectivity index (χ3n) is 2.09. The third kappa shape index (κ3) is 4.41. The van der Waals surface area contributed by atoms with Crippen LogP contribution in [0.5, 0.6) is 0 Å². The number of likely N-dealkylation sites (N-methyl/N-ethyl adjacent to an activating group) is 1. The number of amides is 1. The molecule has 0 aliphatic carbocycles. The number of nitrogens with one attached hydrogen (secondary N) is 1. The van der Waals surface area contributed by atoms with Gasteiger partial charge in [-0.2, -0.15) is 5.10 Å². The molecule has 16 heavy (non-hydrogen) atoms. The molecule has 0 saturated heterocycles. The Kier molecular flexibility index (Phi) is 4.94. The molecule has 0 saturated carbocycles. The standard InChI is InChI=1S/C10H19N5O/c1-14(8-10(16)12-4-3-11)6-9-5-13-15(2)7-9/h5,7H,3-4,6,8,11H2,1-2H3,(H,12,16). The fourth-order valence-electron chi connectivity index (χ4n) is 1.43. The first kappa shape index (κ1) is 12.7. The highest BCUT2D eigenvalue weighted by Gasteiger charge is 2.07. The molecule has 0 aromatic carbocycles. The molecule has 0 aliphatic rings. The van der Waals surface area contributed by atoms with E-state index < -0.39 is 0 Å². The Morgan fingerprint density at radius 1 is 1.69 bits per heavy atom. The molecule has 0 atom stereocenters. The van der Waals surface area contributed by atoms with Gasteiger partial charge < -0.3 is 11.1 Å². The average molecular weight is 225 g/mol. The number of carbonyl (C=O) groups is 1. The van der Waals surface area contributed by atoms with Crippen molar-refractivity contribution in [2.75, 3.05) is 26.7 Å². The molecule has 0 fully saturated rings. The van der Waals surface area contributed by atoms with Gasteiger partial charge in [0.1, 0.15) is 0 Å². The smallest absolute Gasteiger partial charge is 0.234 e. The Morgan fingerprint density at radius 2 is 2.44 bits per heavy atom. The molecule has 1 amide bonds. The van der Waals surface area contributed by atoms with Crippen LogP contribution >= 0.6 is 0 Å². The molecule has 3 N–H and O–H groups in total. The van der Waals surface area contributed by atoms with Crippen molar-refractivity contribution in [3.63, 3.8) is 0 Å². The van der Waals surface area contributed by atoms with E-state index in [2.05, 4.69) is 10.4 Å². The molecule has 0 bridgehead atoms. The van der Waals surface area contributed by atoms with Crippen molar-refractivity contribution in [1.82, 2.24) is 20.0 Å². The van der Waals surface area contributed by atoms with Crippen LogP contribution < -0.4 is 11.1 Å². The summed E-state index contributed by atoms with van der Waals surface area (Å²) in [7, 11) is 3.77. The predicted molar refractivity (Wildman–Crippen MR) is 61.6 cm³/mol. The first-order valence-electron chi connectivity index (χ1n) is 5.24. The number of hydrogen-bond acceptors (Lipinski definition) is 4. The summed E-state index contributed by atoms with van der Waals surface area (Å²) in [6, 6.07) is 0. The van der Waals surface area contributed by atoms with E-state index in [9.17, 15) is 4.79 Å². The minimum atomic E-state index is -0.00293. The zero-order chi connectivity index (χ0) is 12.0. The monoisotopic (exact) mass is 225 g/mol. The van der Waals surface area contributed by atoms with E-state index in [0.29, 0.717) is 26.2 Å². The van der Waals surface area contributed by atoms with Crippen LogP contribution in [0.15, 0.2) is 12.4 Å². The Bertz CT molecular complexity index is 336. The summed E-state index contributed by atoms with van der Waals surface area (Å²) in [6.07, 6.45) is 3.74. The van der Waals surface area contributed by atoms with Crippen molar-refractivity contribution >= 4 is 5.91 Å². The molecule has 1 aromatic rings. The lowest BCUT2D eigenvalue weighted by Gasteiger charge is -2.14. The van der Waals surface area contributed by atoms with Gasteiger partial charge in [0, 0.05) is 38.4 Å². The van der Waals surface area contributed by atoms with Crippen LogP contribution in [0.3, 0.4) is 0 Å². The van der Waals surface area contributed by atoms with E-state index in [0.717, 1.165) is 5.56 Å². The van der Waals surface area contributed by atoms with Crippen LogP contribution in [-0.4, -0.2) is 47.3 Å². The van der Waals surface area contributed by atoms with Crippen LogP contribution in [-0.2, 0) is 18.4 Å². The molecule has 1 heterocycles. The van der Waals surface area contributed by atoms with Crippen molar-refractivity contribution in [1.29, 1.82) is 0 Å². The summed E-state index contributed by atoms with van der Waals surface area (Å²) in [5, 5.41) is 6.80. The number of aryl methyl sites for hydroxylation is 1. The number of carbonyl (C=O) groups excluding carboxylic acids is 1. The molecule has 0 spiro atoms. The van der Waals surface area contributed by atoms with E-state index in [1.165, 1.54) is 0 Å². The quantitative estimate of drug-likeness (QED) is 0.646. The van der Waals surface area contributed by atoms with Crippen molar-refractivity contribution < 1.29 is 4.79 Å². The Balaban J connectivity index is 2.30. The SMILES string of the molecule is CN(CC(=O)NCCN)Cc1cnn(C)c1. The molecular formula is C10H19N5O. The van der Waals surface area contributed by atoms with Gasteiger partial charge in [0.05, 0.1) is 12.7 Å². The van der Waals surface area contributed by atoms with Gasteiger partial charge in [-0.25, -0.2) is 0 Å². The highest BCUT2D eigenvalue weighted by molar-refractivity contribution is 5.77. The zero-order valence-corrected chi connectivity index (χ0v) is 9.81. The normalized spacial score (nSPS) is 10.8. The number of hydrogen-bond donors (Lipinski definition) is 2. The van der Waals surface area contributed by atoms with E-state index in [-0.39, 0.29) is 5.91 Å². The molecular weight excluding hydrogens is 206 g/mol. The number of aromatic nitrogens is 2. The van der Waals surface area contributed by atoms with E-state index >= 15 is 0 Å². The first-order chi connectivity index (χ1) is 7.61. The van der Waals surface area contributed by atoms with Crippen LogP contribution in [0, 0.1) is 0 Å². The van der Waals surface area contributed by atoms with Crippen LogP contribution in [0.1, 0.15) is 5.56 Å². The summed E-state index contributed by atoms with van der Waals surface area (Å²) in [5.74, 6) is -0.00293. The largest absolute Gasteiger partial charge is 0.354 e. The summed E-state index contributed by atoms with van der Waals surface area (Å²) < 4.78 is 1.75. The van der Waals surface area contributed by atoms with Crippen molar-refractivity contribution in [2.24, 2.45) is 12.8 Å². The molecule has 6 nitrogen and oxygen atoms in total. The Labute approximate surface area is 95.4 Å². The van der Waals surface area contributed by atoms with Gasteiger partial charge in [0.2, 0.25) is 5.91 Å². The van der Waals surface area contributed by atoms with E-state index in [1.807, 2.05) is 25.2 Å². The fraction of sp³-hybridized carbons (Fsp3) is 0.600. The maximum absolute atomic E-state index is 11.4. The molecule has 0 aliphatic heterocycles. The molecule has 0 unspecified atom stereocenters. The van der Waals surface area contributed by atoms with E-state index in [4.69, 9.17) is 5.73 Å². The van der Waals surface area contributed by atoms with Gasteiger partial charge in [-0.3, -0.25) is 14.4 Å². The second-order valence-electron chi connectivity index (χ2n) is 3.83. The summed E-state index contributed by atoms with van der Waals surface area (Å²) in [5.41, 5.74) is 6.39. The maximum Gasteiger partial charge on any atom is 0.234 e. The summed E-state index contributed by atoms with van der Waals surface area (Å²) >= 11 is 0. The van der Waals surface area contributed by atoms with Gasteiger partial charge >= 0.3 is 0 Å². The van der Waals surface area contributed by atoms with Gasteiger partial charge in [-0.1, -0.05) is 0 Å². The maximum atomic E-state index is 11.4. The van der Waals surface area contributed by atoms with Crippen molar-refractivity contribution in [3.8, 4) is 0 Å². The predicted octanol–water partition coefficient (Wildman–Crippen LogP) is -1.07. The van der Waals surface area contributed by atoms with E-state index in [1.54, 1.807) is 10.9 Å². The molecule has 0 radical (unpaired) electrons. The van der Waals surface area contributed by atoms with Gasteiger partial charge in [-0.05, 0) is 7.05 Å². The molecule has 1 aromatic heterocycles. The Hall–Kier alpha value is -1.40. The Morgan fingerprint density at radius 3 is 3.00 bits per heavy atom. The van der Waals surface area contributed by atoms with Crippen molar-refractivity contribution in [2.45, 2.75) is 6.54 Å². The number of rotatable bonds is 6. The topological polar surface area (TPSA) is 76.2 Å². The number of nitrogens with zero attached hydrogens (tertiary/aromatic N) is 3. The first-order valence-corrected chi connectivity index (χ1v) is 5.24. The fourth-order valence-corrected chi connectivity index (χ4v) is 1.43. The molecule has 1 rings (SSSR count). The third-order valence-corrected chi connectivity index (χ3v) is 2.09. The van der Waals surface area contributed by atoms with Crippen LogP contribution in [0.4, 0.5) is 0 Å². The summed E-state index contributed by atoms with van der Waals surface area (Å²) in [6.45, 7) is 2.08. The summed E-state index contributed by atoms with van der Waals surface area (Å²) in [4.78, 5) is 13.3. The lowest BCUT2D eigenvalue weighted by atomic mass is 10.3. The van der Waals surface area contributed by atoms with Gasteiger partial charge in [0.25, 0.3) is 0 Å². The molecule has 90 valence electrons. The van der Waals surface area contributed by atoms with Gasteiger partial charge in [-0.15, -0.1) is 0 Å². The minimum Gasteiger partial charge on any atom is -0.354 e. The average Bonchev–Trinajstić information content (AvgIpc) is 2.60. The second kappa shape index (κ2) is 6.24. The molecule has 6 heteroatoms. The van der Waals surface area contributed by atoms with Crippen LogP contribution in [0.2, 0.25) is 0 Å². The van der Waals surface area contributed by atoms with Crippen LogP contribution in [0.25, 0.3) is 0 Å². The van der Waals surface area contributed by atoms with Crippen molar-refractivity contribution in [3.05, 3.63) is 18.0 Å². The minimum absolute atomic E-state index is 0.00293.